The Kier molecular flexibility index (Phi) is 7.35. The van der Waals surface area contributed by atoms with Crippen molar-refractivity contribution in [2.24, 2.45) is 0 Å². The Morgan fingerprint density at radius 2 is 1.86 bits per heavy atom. The summed E-state index contributed by atoms with van der Waals surface area (Å²) in [7, 11) is 5.53. The number of amides is 1. The number of ether oxygens (including phenoxy) is 2. The van der Waals surface area contributed by atoms with Crippen LogP contribution in [0, 0.1) is 20.8 Å². The zero-order valence-corrected chi connectivity index (χ0v) is 21.3. The summed E-state index contributed by atoms with van der Waals surface area (Å²) in [6.45, 7) is 6.19. The minimum atomic E-state index is -0.380. The zero-order valence-electron chi connectivity index (χ0n) is 21.3. The van der Waals surface area contributed by atoms with Gasteiger partial charge in [-0.1, -0.05) is 6.07 Å². The van der Waals surface area contributed by atoms with Crippen LogP contribution in [0.2, 0.25) is 0 Å². The van der Waals surface area contributed by atoms with Crippen molar-refractivity contribution in [3.05, 3.63) is 65.2 Å². The van der Waals surface area contributed by atoms with E-state index in [9.17, 15) is 4.79 Å². The second-order valence-electron chi connectivity index (χ2n) is 8.74. The number of furan rings is 1. The van der Waals surface area contributed by atoms with Crippen molar-refractivity contribution in [1.82, 2.24) is 24.6 Å². The van der Waals surface area contributed by atoms with Gasteiger partial charge in [0.1, 0.15) is 11.6 Å². The maximum absolute atomic E-state index is 12.8. The van der Waals surface area contributed by atoms with Crippen molar-refractivity contribution in [3.8, 4) is 28.9 Å². The first-order chi connectivity index (χ1) is 17.2. The molecule has 0 bridgehead atoms. The highest BCUT2D eigenvalue weighted by Gasteiger charge is 2.16. The molecule has 1 N–H and O–H groups in total. The van der Waals surface area contributed by atoms with Crippen LogP contribution in [0.25, 0.3) is 17.4 Å². The van der Waals surface area contributed by atoms with Crippen molar-refractivity contribution in [1.29, 1.82) is 0 Å². The van der Waals surface area contributed by atoms with Gasteiger partial charge in [0.15, 0.2) is 35.5 Å². The quantitative estimate of drug-likeness (QED) is 0.376. The third-order valence-corrected chi connectivity index (χ3v) is 5.25. The molecule has 0 saturated heterocycles. The van der Waals surface area contributed by atoms with Crippen LogP contribution >= 0.6 is 0 Å². The highest BCUT2D eigenvalue weighted by molar-refractivity contribution is 5.91. The van der Waals surface area contributed by atoms with Gasteiger partial charge >= 0.3 is 0 Å². The fraction of sp³-hybridized carbons (Fsp3) is 0.308. The fourth-order valence-corrected chi connectivity index (χ4v) is 3.75. The van der Waals surface area contributed by atoms with E-state index >= 15 is 0 Å². The number of carbonyl (C=O) groups is 1. The van der Waals surface area contributed by atoms with Crippen LogP contribution < -0.4 is 14.8 Å². The summed E-state index contributed by atoms with van der Waals surface area (Å²) < 4.78 is 18.6. The van der Waals surface area contributed by atoms with Crippen molar-refractivity contribution in [2.75, 3.05) is 33.1 Å². The number of aryl methyl sites for hydroxylation is 3. The lowest BCUT2D eigenvalue weighted by molar-refractivity contribution is -0.118. The average Bonchev–Trinajstić information content (AvgIpc) is 3.41. The predicted octanol–water partition coefficient (Wildman–Crippen LogP) is 3.94. The van der Waals surface area contributed by atoms with Gasteiger partial charge in [0.25, 0.3) is 5.91 Å². The van der Waals surface area contributed by atoms with Gasteiger partial charge in [0.05, 0.1) is 12.8 Å². The summed E-state index contributed by atoms with van der Waals surface area (Å²) in [5, 5.41) is 7.31. The molecule has 1 amide bonds. The third-order valence-electron chi connectivity index (χ3n) is 5.25. The monoisotopic (exact) mass is 490 g/mol. The molecular weight excluding hydrogens is 460 g/mol. The lowest BCUT2D eigenvalue weighted by Crippen LogP contribution is -2.21. The van der Waals surface area contributed by atoms with Crippen molar-refractivity contribution in [2.45, 2.75) is 27.3 Å². The number of rotatable bonds is 9. The molecule has 0 radical (unpaired) electrons. The van der Waals surface area contributed by atoms with Gasteiger partial charge < -0.3 is 24.1 Å². The largest absolute Gasteiger partial charge is 0.493 e. The van der Waals surface area contributed by atoms with Crippen LogP contribution in [0.1, 0.15) is 22.7 Å². The lowest BCUT2D eigenvalue weighted by Gasteiger charge is -2.15. The molecule has 3 heterocycles. The van der Waals surface area contributed by atoms with Crippen LogP contribution in [-0.4, -0.2) is 58.4 Å². The first-order valence-electron chi connectivity index (χ1n) is 11.5. The number of anilines is 1. The molecule has 4 aromatic rings. The number of nitrogens with one attached hydrogen (secondary N) is 1. The molecule has 1 aromatic carbocycles. The second-order valence-corrected chi connectivity index (χ2v) is 8.74. The normalized spacial score (nSPS) is 11.1. The molecule has 0 saturated carbocycles. The van der Waals surface area contributed by atoms with Crippen LogP contribution in [0.3, 0.4) is 0 Å². The number of methoxy groups -OCH3 is 1. The summed E-state index contributed by atoms with van der Waals surface area (Å²) in [5.74, 6) is 3.03. The highest BCUT2D eigenvalue weighted by Crippen LogP contribution is 2.28. The molecule has 0 spiro atoms. The molecular formula is C26H30N6O4. The zero-order chi connectivity index (χ0) is 25.8. The molecule has 0 aliphatic rings. The van der Waals surface area contributed by atoms with Gasteiger partial charge in [0.2, 0.25) is 0 Å². The topological polar surface area (TPSA) is 108 Å². The van der Waals surface area contributed by atoms with E-state index in [4.69, 9.17) is 13.9 Å². The second kappa shape index (κ2) is 10.6. The Balaban J connectivity index is 1.57. The Labute approximate surface area is 209 Å². The maximum Gasteiger partial charge on any atom is 0.263 e. The molecule has 0 aliphatic carbocycles. The first-order valence-corrected chi connectivity index (χ1v) is 11.5. The van der Waals surface area contributed by atoms with E-state index in [-0.39, 0.29) is 12.5 Å². The van der Waals surface area contributed by atoms with Crippen LogP contribution in [-0.2, 0) is 11.3 Å². The minimum Gasteiger partial charge on any atom is -0.493 e. The summed E-state index contributed by atoms with van der Waals surface area (Å²) in [5.41, 5.74) is 2.80. The lowest BCUT2D eigenvalue weighted by atomic mass is 10.2. The Morgan fingerprint density at radius 1 is 1.06 bits per heavy atom. The van der Waals surface area contributed by atoms with Gasteiger partial charge in [0, 0.05) is 18.3 Å². The molecule has 36 heavy (non-hydrogen) atoms. The summed E-state index contributed by atoms with van der Waals surface area (Å²) in [4.78, 5) is 24.0. The van der Waals surface area contributed by atoms with Crippen molar-refractivity contribution < 1.29 is 18.7 Å². The Morgan fingerprint density at radius 3 is 2.50 bits per heavy atom. The summed E-state index contributed by atoms with van der Waals surface area (Å²) in [6.07, 6.45) is 0. The van der Waals surface area contributed by atoms with Gasteiger partial charge in [-0.3, -0.25) is 4.79 Å². The number of hydrogen-bond acceptors (Lipinski definition) is 8. The first kappa shape index (κ1) is 24.9. The molecule has 10 nitrogen and oxygen atoms in total. The molecule has 0 fully saturated rings. The Hall–Kier alpha value is -4.18. The number of benzene rings is 1. The molecule has 3 aromatic heterocycles. The van der Waals surface area contributed by atoms with E-state index in [2.05, 4.69) is 20.4 Å². The summed E-state index contributed by atoms with van der Waals surface area (Å²) >= 11 is 0. The van der Waals surface area contributed by atoms with E-state index in [1.807, 2.05) is 70.1 Å². The average molecular weight is 491 g/mol. The van der Waals surface area contributed by atoms with Gasteiger partial charge in [-0.15, -0.1) is 0 Å². The number of hydrogen-bond donors (Lipinski definition) is 1. The van der Waals surface area contributed by atoms with E-state index in [0.29, 0.717) is 34.7 Å². The number of nitrogens with zero attached hydrogens (tertiary/aromatic N) is 5. The van der Waals surface area contributed by atoms with Crippen molar-refractivity contribution >= 4 is 11.7 Å². The fourth-order valence-electron chi connectivity index (χ4n) is 3.75. The SMILES string of the molecule is COc1ccc(CN(C)C)cc1OCC(=O)Nc1cc(-n2nc(C)cc2C)nc(-c2ccc(C)o2)n1. The number of aromatic nitrogens is 4. The molecule has 0 aliphatic heterocycles. The maximum atomic E-state index is 12.8. The standard InChI is InChI=1S/C26H30N6O4/c1-16-11-17(2)32(30-16)24-13-23(28-26(29-24)21-9-7-18(3)36-21)27-25(33)15-35-22-12-19(14-31(4)5)8-10-20(22)34-6/h7-13H,14-15H2,1-6H3,(H,27,28,29,33). The van der Waals surface area contributed by atoms with Gasteiger partial charge in [-0.05, 0) is 70.8 Å². The van der Waals surface area contributed by atoms with E-state index < -0.39 is 0 Å². The van der Waals surface area contributed by atoms with Gasteiger partial charge in [-0.2, -0.15) is 5.10 Å². The smallest absolute Gasteiger partial charge is 0.263 e. The van der Waals surface area contributed by atoms with Crippen LogP contribution in [0.5, 0.6) is 11.5 Å². The molecule has 10 heteroatoms. The molecule has 0 unspecified atom stereocenters. The molecule has 0 atom stereocenters. The van der Waals surface area contributed by atoms with E-state index in [1.165, 1.54) is 0 Å². The minimum absolute atomic E-state index is 0.226. The van der Waals surface area contributed by atoms with Crippen LogP contribution in [0.15, 0.2) is 46.9 Å². The number of carbonyl (C=O) groups excluding carboxylic acids is 1. The van der Waals surface area contributed by atoms with Crippen LogP contribution in [0.4, 0.5) is 5.82 Å². The molecule has 188 valence electrons. The van der Waals surface area contributed by atoms with Gasteiger partial charge in [-0.25, -0.2) is 14.6 Å². The van der Waals surface area contributed by atoms with E-state index in [0.717, 1.165) is 29.3 Å². The predicted molar refractivity (Wildman–Crippen MR) is 136 cm³/mol. The third kappa shape index (κ3) is 5.89. The highest BCUT2D eigenvalue weighted by atomic mass is 16.5. The Bertz CT molecular complexity index is 1370. The van der Waals surface area contributed by atoms with E-state index in [1.54, 1.807) is 23.9 Å². The molecule has 4 rings (SSSR count). The van der Waals surface area contributed by atoms with Crippen molar-refractivity contribution in [3.63, 3.8) is 0 Å². The summed E-state index contributed by atoms with van der Waals surface area (Å²) in [6, 6.07) is 12.9.